The number of carbonyl (C=O) groups excluding carboxylic acids is 1. The second-order valence-electron chi connectivity index (χ2n) is 6.08. The molecule has 0 saturated carbocycles. The predicted molar refractivity (Wildman–Crippen MR) is 78.9 cm³/mol. The summed E-state index contributed by atoms with van der Waals surface area (Å²) < 4.78 is 5.33. The van der Waals surface area contributed by atoms with Gasteiger partial charge in [0.2, 0.25) is 0 Å². The van der Waals surface area contributed by atoms with Crippen molar-refractivity contribution in [2.45, 2.75) is 40.0 Å². The van der Waals surface area contributed by atoms with E-state index in [1.165, 1.54) is 0 Å². The molecule has 0 aliphatic heterocycles. The number of carbonyl (C=O) groups is 1. The zero-order chi connectivity index (χ0) is 14.6. The highest BCUT2D eigenvalue weighted by atomic mass is 16.5. The van der Waals surface area contributed by atoms with Crippen LogP contribution in [0, 0.1) is 5.41 Å². The molecule has 3 nitrogen and oxygen atoms in total. The molecule has 0 amide bonds. The van der Waals surface area contributed by atoms with E-state index < -0.39 is 0 Å². The Morgan fingerprint density at radius 3 is 2.47 bits per heavy atom. The second-order valence-corrected chi connectivity index (χ2v) is 6.08. The van der Waals surface area contributed by atoms with Crippen LogP contribution in [0.2, 0.25) is 0 Å². The Bertz CT molecular complexity index is 450. The molecule has 2 N–H and O–H groups in total. The fourth-order valence-electron chi connectivity index (χ4n) is 1.97. The standard InChI is InChI=1S/C16H25NO2/c1-11(2)13-8-12(6-7-15(13)19-5)14(18)9-16(3,4)10-17/h6-8,11H,9-10,17H2,1-5H3. The van der Waals surface area contributed by atoms with E-state index in [9.17, 15) is 4.79 Å². The number of Topliss-reactive ketones (excluding diaryl/α,β-unsaturated/α-hetero) is 1. The monoisotopic (exact) mass is 263 g/mol. The molecule has 19 heavy (non-hydrogen) atoms. The van der Waals surface area contributed by atoms with Gasteiger partial charge in [0.1, 0.15) is 5.75 Å². The molecule has 1 aromatic carbocycles. The molecule has 0 bridgehead atoms. The zero-order valence-electron chi connectivity index (χ0n) is 12.6. The molecule has 0 saturated heterocycles. The molecule has 1 rings (SSSR count). The third-order valence-electron chi connectivity index (χ3n) is 3.37. The summed E-state index contributed by atoms with van der Waals surface area (Å²) in [5.41, 5.74) is 7.34. The van der Waals surface area contributed by atoms with Crippen LogP contribution in [0.15, 0.2) is 18.2 Å². The highest BCUT2D eigenvalue weighted by molar-refractivity contribution is 5.96. The first kappa shape index (κ1) is 15.7. The van der Waals surface area contributed by atoms with Gasteiger partial charge in [0.05, 0.1) is 7.11 Å². The molecular weight excluding hydrogens is 238 g/mol. The predicted octanol–water partition coefficient (Wildman–Crippen LogP) is 3.38. The normalized spacial score (nSPS) is 11.7. The van der Waals surface area contributed by atoms with Crippen molar-refractivity contribution in [3.63, 3.8) is 0 Å². The minimum Gasteiger partial charge on any atom is -0.496 e. The van der Waals surface area contributed by atoms with Gasteiger partial charge in [-0.15, -0.1) is 0 Å². The fraction of sp³-hybridized carbons (Fsp3) is 0.562. The number of ketones is 1. The summed E-state index contributed by atoms with van der Waals surface area (Å²) in [7, 11) is 1.65. The first-order chi connectivity index (χ1) is 8.80. The lowest BCUT2D eigenvalue weighted by Crippen LogP contribution is -2.26. The number of ether oxygens (including phenoxy) is 1. The van der Waals surface area contributed by atoms with E-state index in [-0.39, 0.29) is 11.2 Å². The Morgan fingerprint density at radius 1 is 1.37 bits per heavy atom. The summed E-state index contributed by atoms with van der Waals surface area (Å²) >= 11 is 0. The van der Waals surface area contributed by atoms with Gasteiger partial charge < -0.3 is 10.5 Å². The molecule has 3 heteroatoms. The third-order valence-corrected chi connectivity index (χ3v) is 3.37. The van der Waals surface area contributed by atoms with Crippen molar-refractivity contribution in [1.29, 1.82) is 0 Å². The van der Waals surface area contributed by atoms with Crippen LogP contribution >= 0.6 is 0 Å². The number of methoxy groups -OCH3 is 1. The first-order valence-corrected chi connectivity index (χ1v) is 6.72. The van der Waals surface area contributed by atoms with E-state index in [1.807, 2.05) is 32.0 Å². The Labute approximate surface area is 116 Å². The smallest absolute Gasteiger partial charge is 0.163 e. The quantitative estimate of drug-likeness (QED) is 0.800. The van der Waals surface area contributed by atoms with Crippen molar-refractivity contribution in [3.05, 3.63) is 29.3 Å². The molecule has 0 atom stereocenters. The molecule has 0 fully saturated rings. The number of nitrogens with two attached hydrogens (primary N) is 1. The van der Waals surface area contributed by atoms with E-state index >= 15 is 0 Å². The van der Waals surface area contributed by atoms with Gasteiger partial charge >= 0.3 is 0 Å². The van der Waals surface area contributed by atoms with Crippen LogP contribution in [0.3, 0.4) is 0 Å². The fourth-order valence-corrected chi connectivity index (χ4v) is 1.97. The van der Waals surface area contributed by atoms with Crippen LogP contribution in [-0.2, 0) is 0 Å². The molecule has 0 aliphatic carbocycles. The number of rotatable bonds is 6. The highest BCUT2D eigenvalue weighted by Crippen LogP contribution is 2.29. The molecule has 1 aromatic rings. The average Bonchev–Trinajstić information content (AvgIpc) is 2.37. The van der Waals surface area contributed by atoms with Gasteiger partial charge in [-0.3, -0.25) is 4.79 Å². The molecular formula is C16H25NO2. The van der Waals surface area contributed by atoms with Crippen LogP contribution in [0.4, 0.5) is 0 Å². The Balaban J connectivity index is 3.02. The van der Waals surface area contributed by atoms with Crippen molar-refractivity contribution in [2.75, 3.05) is 13.7 Å². The third kappa shape index (κ3) is 4.06. The lowest BCUT2D eigenvalue weighted by molar-refractivity contribution is 0.0934. The lowest BCUT2D eigenvalue weighted by atomic mass is 9.85. The maximum Gasteiger partial charge on any atom is 0.163 e. The van der Waals surface area contributed by atoms with E-state index in [0.29, 0.717) is 18.9 Å². The van der Waals surface area contributed by atoms with Gasteiger partial charge in [-0.2, -0.15) is 0 Å². The van der Waals surface area contributed by atoms with Crippen LogP contribution in [0.5, 0.6) is 5.75 Å². The molecule has 0 spiro atoms. The molecule has 0 unspecified atom stereocenters. The van der Waals surface area contributed by atoms with E-state index in [2.05, 4.69) is 13.8 Å². The van der Waals surface area contributed by atoms with E-state index in [4.69, 9.17) is 10.5 Å². The summed E-state index contributed by atoms with van der Waals surface area (Å²) in [5, 5.41) is 0. The van der Waals surface area contributed by atoms with Gasteiger partial charge in [-0.1, -0.05) is 27.7 Å². The number of benzene rings is 1. The summed E-state index contributed by atoms with van der Waals surface area (Å²) in [5.74, 6) is 1.30. The first-order valence-electron chi connectivity index (χ1n) is 6.72. The summed E-state index contributed by atoms with van der Waals surface area (Å²) in [4.78, 5) is 12.3. The van der Waals surface area contributed by atoms with Crippen molar-refractivity contribution >= 4 is 5.78 Å². The van der Waals surface area contributed by atoms with Gasteiger partial charge in [-0.05, 0) is 41.6 Å². The average molecular weight is 263 g/mol. The maximum atomic E-state index is 12.3. The topological polar surface area (TPSA) is 52.3 Å². The summed E-state index contributed by atoms with van der Waals surface area (Å²) in [6, 6.07) is 5.65. The van der Waals surface area contributed by atoms with Crippen LogP contribution < -0.4 is 10.5 Å². The Hall–Kier alpha value is -1.35. The van der Waals surface area contributed by atoms with Crippen LogP contribution in [-0.4, -0.2) is 19.4 Å². The van der Waals surface area contributed by atoms with Crippen molar-refractivity contribution in [1.82, 2.24) is 0 Å². The molecule has 0 aromatic heterocycles. The molecule has 106 valence electrons. The highest BCUT2D eigenvalue weighted by Gasteiger charge is 2.22. The Kier molecular flexibility index (Phi) is 5.12. The van der Waals surface area contributed by atoms with Gasteiger partial charge in [0.25, 0.3) is 0 Å². The lowest BCUT2D eigenvalue weighted by Gasteiger charge is -2.21. The maximum absolute atomic E-state index is 12.3. The minimum absolute atomic E-state index is 0.139. The van der Waals surface area contributed by atoms with Crippen LogP contribution in [0.25, 0.3) is 0 Å². The van der Waals surface area contributed by atoms with Gasteiger partial charge in [0, 0.05) is 12.0 Å². The van der Waals surface area contributed by atoms with Gasteiger partial charge in [0.15, 0.2) is 5.78 Å². The molecule has 0 heterocycles. The SMILES string of the molecule is COc1ccc(C(=O)CC(C)(C)CN)cc1C(C)C. The van der Waals surface area contributed by atoms with Gasteiger partial charge in [-0.25, -0.2) is 0 Å². The van der Waals surface area contributed by atoms with Crippen LogP contribution in [0.1, 0.15) is 56.0 Å². The molecule has 0 aliphatic rings. The molecule has 0 radical (unpaired) electrons. The largest absolute Gasteiger partial charge is 0.496 e. The Morgan fingerprint density at radius 2 is 2.00 bits per heavy atom. The van der Waals surface area contributed by atoms with Crippen molar-refractivity contribution < 1.29 is 9.53 Å². The zero-order valence-corrected chi connectivity index (χ0v) is 12.6. The van der Waals surface area contributed by atoms with Crippen molar-refractivity contribution in [2.24, 2.45) is 11.1 Å². The minimum atomic E-state index is -0.158. The van der Waals surface area contributed by atoms with Crippen molar-refractivity contribution in [3.8, 4) is 5.75 Å². The van der Waals surface area contributed by atoms with E-state index in [0.717, 1.165) is 16.9 Å². The summed E-state index contributed by atoms with van der Waals surface area (Å²) in [6.07, 6.45) is 0.466. The number of hydrogen-bond acceptors (Lipinski definition) is 3. The summed E-state index contributed by atoms with van der Waals surface area (Å²) in [6.45, 7) is 8.72. The van der Waals surface area contributed by atoms with E-state index in [1.54, 1.807) is 7.11 Å². The number of hydrogen-bond donors (Lipinski definition) is 1. The second kappa shape index (κ2) is 6.20.